The Morgan fingerprint density at radius 2 is 2.06 bits per heavy atom. The molecular formula is C12H18N4O2. The number of rotatable bonds is 3. The van der Waals surface area contributed by atoms with E-state index in [4.69, 9.17) is 5.73 Å². The van der Waals surface area contributed by atoms with Gasteiger partial charge in [0.05, 0.1) is 4.92 Å². The van der Waals surface area contributed by atoms with Crippen molar-refractivity contribution in [1.29, 1.82) is 0 Å². The molecule has 98 valence electrons. The summed E-state index contributed by atoms with van der Waals surface area (Å²) in [5, 5.41) is 14.2. The Balaban J connectivity index is 2.26. The standard InChI is InChI=1S/C12H18N4O2/c1-12(7-3-2-4-8-12)15-11-9(16(17)18)5-6-10(13)14-11/h5-6H,2-4,7-8H2,1H3,(H3,13,14,15). The SMILES string of the molecule is CC1(Nc2nc(N)ccc2[N+](=O)[O-])CCCCC1. The summed E-state index contributed by atoms with van der Waals surface area (Å²) in [6.07, 6.45) is 5.50. The largest absolute Gasteiger partial charge is 0.384 e. The summed E-state index contributed by atoms with van der Waals surface area (Å²) >= 11 is 0. The lowest BCUT2D eigenvalue weighted by molar-refractivity contribution is -0.384. The molecule has 1 aliphatic rings. The lowest BCUT2D eigenvalue weighted by Crippen LogP contribution is -2.37. The highest BCUT2D eigenvalue weighted by molar-refractivity contribution is 5.60. The highest BCUT2D eigenvalue weighted by Gasteiger charge is 2.29. The maximum absolute atomic E-state index is 11.0. The number of nitro groups is 1. The highest BCUT2D eigenvalue weighted by atomic mass is 16.6. The summed E-state index contributed by atoms with van der Waals surface area (Å²) in [5.41, 5.74) is 5.46. The van der Waals surface area contributed by atoms with Crippen molar-refractivity contribution in [2.45, 2.75) is 44.6 Å². The summed E-state index contributed by atoms with van der Waals surface area (Å²) < 4.78 is 0. The Morgan fingerprint density at radius 3 is 2.67 bits per heavy atom. The highest BCUT2D eigenvalue weighted by Crippen LogP contribution is 2.33. The van der Waals surface area contributed by atoms with Gasteiger partial charge in [-0.15, -0.1) is 0 Å². The van der Waals surface area contributed by atoms with E-state index >= 15 is 0 Å². The minimum absolute atomic E-state index is 0.0176. The summed E-state index contributed by atoms with van der Waals surface area (Å²) in [6.45, 7) is 2.08. The topological polar surface area (TPSA) is 94.1 Å². The van der Waals surface area contributed by atoms with Gasteiger partial charge in [-0.3, -0.25) is 10.1 Å². The summed E-state index contributed by atoms with van der Waals surface area (Å²) in [6, 6.07) is 2.85. The van der Waals surface area contributed by atoms with E-state index in [2.05, 4.69) is 17.2 Å². The molecular weight excluding hydrogens is 232 g/mol. The number of nitrogens with one attached hydrogen (secondary N) is 1. The second-order valence-corrected chi connectivity index (χ2v) is 5.11. The van der Waals surface area contributed by atoms with Crippen LogP contribution in [0.3, 0.4) is 0 Å². The van der Waals surface area contributed by atoms with Gasteiger partial charge in [0.1, 0.15) is 5.82 Å². The van der Waals surface area contributed by atoms with Gasteiger partial charge in [0.2, 0.25) is 5.82 Å². The Bertz CT molecular complexity index is 455. The average molecular weight is 250 g/mol. The molecule has 0 saturated heterocycles. The zero-order valence-electron chi connectivity index (χ0n) is 10.5. The van der Waals surface area contributed by atoms with Crippen molar-refractivity contribution < 1.29 is 4.92 Å². The van der Waals surface area contributed by atoms with Crippen molar-refractivity contribution in [3.63, 3.8) is 0 Å². The third-order valence-corrected chi connectivity index (χ3v) is 3.47. The van der Waals surface area contributed by atoms with Gasteiger partial charge in [0, 0.05) is 11.6 Å². The Hall–Kier alpha value is -1.85. The molecule has 0 unspecified atom stereocenters. The molecule has 0 atom stereocenters. The molecule has 0 aromatic carbocycles. The van der Waals surface area contributed by atoms with E-state index in [9.17, 15) is 10.1 Å². The minimum Gasteiger partial charge on any atom is -0.384 e. The van der Waals surface area contributed by atoms with Crippen LogP contribution in [-0.2, 0) is 0 Å². The van der Waals surface area contributed by atoms with Crippen LogP contribution in [-0.4, -0.2) is 15.4 Å². The summed E-state index contributed by atoms with van der Waals surface area (Å²) in [7, 11) is 0. The number of hydrogen-bond donors (Lipinski definition) is 2. The molecule has 18 heavy (non-hydrogen) atoms. The van der Waals surface area contributed by atoms with Crippen molar-refractivity contribution in [2.75, 3.05) is 11.1 Å². The van der Waals surface area contributed by atoms with Crippen LogP contribution in [0.4, 0.5) is 17.3 Å². The van der Waals surface area contributed by atoms with Gasteiger partial charge in [0.25, 0.3) is 0 Å². The molecule has 1 saturated carbocycles. The van der Waals surface area contributed by atoms with Crippen LogP contribution >= 0.6 is 0 Å². The quantitative estimate of drug-likeness (QED) is 0.635. The first-order valence-electron chi connectivity index (χ1n) is 6.19. The molecule has 1 aromatic heterocycles. The molecule has 1 fully saturated rings. The van der Waals surface area contributed by atoms with Crippen LogP contribution in [0.5, 0.6) is 0 Å². The monoisotopic (exact) mass is 250 g/mol. The molecule has 0 radical (unpaired) electrons. The van der Waals surface area contributed by atoms with Gasteiger partial charge < -0.3 is 11.1 Å². The maximum atomic E-state index is 11.0. The third-order valence-electron chi connectivity index (χ3n) is 3.47. The van der Waals surface area contributed by atoms with Crippen molar-refractivity contribution in [3.05, 3.63) is 22.2 Å². The normalized spacial score (nSPS) is 18.3. The minimum atomic E-state index is -0.430. The molecule has 0 aliphatic heterocycles. The van der Waals surface area contributed by atoms with Crippen molar-refractivity contribution >= 4 is 17.3 Å². The molecule has 0 spiro atoms. The van der Waals surface area contributed by atoms with E-state index in [0.29, 0.717) is 5.82 Å². The lowest BCUT2D eigenvalue weighted by Gasteiger charge is -2.34. The second kappa shape index (κ2) is 4.80. The molecule has 1 aromatic rings. The molecule has 0 bridgehead atoms. The van der Waals surface area contributed by atoms with Crippen molar-refractivity contribution in [1.82, 2.24) is 4.98 Å². The number of nitrogens with two attached hydrogens (primary N) is 1. The van der Waals surface area contributed by atoms with Gasteiger partial charge in [0.15, 0.2) is 0 Å². The predicted octanol–water partition coefficient (Wildman–Crippen LogP) is 2.71. The van der Waals surface area contributed by atoms with E-state index in [1.54, 1.807) is 0 Å². The van der Waals surface area contributed by atoms with E-state index in [1.807, 2.05) is 0 Å². The number of aromatic nitrogens is 1. The van der Waals surface area contributed by atoms with Crippen LogP contribution in [0.15, 0.2) is 12.1 Å². The third kappa shape index (κ3) is 2.69. The van der Waals surface area contributed by atoms with Crippen LogP contribution < -0.4 is 11.1 Å². The fraction of sp³-hybridized carbons (Fsp3) is 0.583. The van der Waals surface area contributed by atoms with Crippen LogP contribution in [0.1, 0.15) is 39.0 Å². The zero-order valence-corrected chi connectivity index (χ0v) is 10.5. The van der Waals surface area contributed by atoms with Gasteiger partial charge in [-0.2, -0.15) is 0 Å². The molecule has 0 amide bonds. The van der Waals surface area contributed by atoms with Gasteiger partial charge in [-0.25, -0.2) is 4.98 Å². The van der Waals surface area contributed by atoms with Crippen LogP contribution in [0, 0.1) is 10.1 Å². The molecule has 1 heterocycles. The average Bonchev–Trinajstić information content (AvgIpc) is 2.28. The zero-order chi connectivity index (χ0) is 13.2. The fourth-order valence-corrected chi connectivity index (χ4v) is 2.45. The van der Waals surface area contributed by atoms with Crippen LogP contribution in [0.2, 0.25) is 0 Å². The lowest BCUT2D eigenvalue weighted by atomic mass is 9.83. The second-order valence-electron chi connectivity index (χ2n) is 5.11. The van der Waals surface area contributed by atoms with Gasteiger partial charge in [-0.1, -0.05) is 19.3 Å². The fourth-order valence-electron chi connectivity index (χ4n) is 2.45. The van der Waals surface area contributed by atoms with Crippen LogP contribution in [0.25, 0.3) is 0 Å². The molecule has 6 nitrogen and oxygen atoms in total. The van der Waals surface area contributed by atoms with E-state index in [1.165, 1.54) is 18.6 Å². The van der Waals surface area contributed by atoms with E-state index in [-0.39, 0.29) is 17.0 Å². The number of pyridine rings is 1. The number of anilines is 2. The Kier molecular flexibility index (Phi) is 3.36. The van der Waals surface area contributed by atoms with Gasteiger partial charge in [-0.05, 0) is 25.8 Å². The summed E-state index contributed by atoms with van der Waals surface area (Å²) in [4.78, 5) is 14.6. The Labute approximate surface area is 106 Å². The first-order chi connectivity index (χ1) is 8.50. The van der Waals surface area contributed by atoms with E-state index in [0.717, 1.165) is 25.7 Å². The van der Waals surface area contributed by atoms with E-state index < -0.39 is 4.92 Å². The molecule has 6 heteroatoms. The molecule has 3 N–H and O–H groups in total. The first kappa shape index (κ1) is 12.6. The first-order valence-corrected chi connectivity index (χ1v) is 6.19. The smallest absolute Gasteiger partial charge is 0.311 e. The maximum Gasteiger partial charge on any atom is 0.311 e. The number of nitrogens with zero attached hydrogens (tertiary/aromatic N) is 2. The number of nitrogen functional groups attached to an aromatic ring is 1. The van der Waals surface area contributed by atoms with Crippen molar-refractivity contribution in [2.24, 2.45) is 0 Å². The van der Waals surface area contributed by atoms with Gasteiger partial charge >= 0.3 is 5.69 Å². The number of hydrogen-bond acceptors (Lipinski definition) is 5. The molecule has 1 aliphatic carbocycles. The molecule has 2 rings (SSSR count). The Morgan fingerprint density at radius 1 is 1.39 bits per heavy atom. The van der Waals surface area contributed by atoms with Crippen molar-refractivity contribution in [3.8, 4) is 0 Å². The predicted molar refractivity (Wildman–Crippen MR) is 70.4 cm³/mol. The summed E-state index contributed by atoms with van der Waals surface area (Å²) in [5.74, 6) is 0.576.